The first-order valence-electron chi connectivity index (χ1n) is 12.6. The van der Waals surface area contributed by atoms with Gasteiger partial charge in [-0.25, -0.2) is 0 Å². The average molecular weight is 465 g/mol. The lowest BCUT2D eigenvalue weighted by Gasteiger charge is -2.47. The van der Waals surface area contributed by atoms with E-state index >= 15 is 0 Å². The van der Waals surface area contributed by atoms with Crippen molar-refractivity contribution in [3.8, 4) is 11.8 Å². The molecule has 2 aromatic carbocycles. The highest BCUT2D eigenvalue weighted by molar-refractivity contribution is 6.99. The number of hydrogen-bond acceptors (Lipinski definition) is 2. The van der Waals surface area contributed by atoms with Crippen LogP contribution in [-0.2, 0) is 4.43 Å². The standard InChI is InChI=1S/C30H44O2Si/c1-7-9-10-11-12-19-24-28(30(6,31)25-8-2)32-33(29(3,4)5,26-20-15-13-16-21-26)27-22-17-14-18-23-27/h13-18,20-23,28,31H,7,9-12,19,24H2,1-6H3. The first-order valence-corrected chi connectivity index (χ1v) is 14.5. The minimum atomic E-state index is -2.76. The third-order valence-corrected chi connectivity index (χ3v) is 11.6. The molecular weight excluding hydrogens is 420 g/mol. The molecule has 2 atom stereocenters. The summed E-state index contributed by atoms with van der Waals surface area (Å²) >= 11 is 0. The van der Waals surface area contributed by atoms with Gasteiger partial charge in [-0.05, 0) is 35.7 Å². The van der Waals surface area contributed by atoms with Crippen LogP contribution >= 0.6 is 0 Å². The lowest BCUT2D eigenvalue weighted by Crippen LogP contribution is -2.69. The summed E-state index contributed by atoms with van der Waals surface area (Å²) in [5.41, 5.74) is -1.20. The van der Waals surface area contributed by atoms with Crippen LogP contribution in [0.1, 0.15) is 86.5 Å². The van der Waals surface area contributed by atoms with Gasteiger partial charge in [-0.1, -0.05) is 133 Å². The lowest BCUT2D eigenvalue weighted by atomic mass is 9.94. The molecular formula is C30H44O2Si. The normalized spacial score (nSPS) is 14.8. The quantitative estimate of drug-likeness (QED) is 0.222. The lowest BCUT2D eigenvalue weighted by molar-refractivity contribution is -0.0144. The van der Waals surface area contributed by atoms with Crippen molar-refractivity contribution in [1.82, 2.24) is 0 Å². The smallest absolute Gasteiger partial charge is 0.261 e. The number of hydrogen-bond donors (Lipinski definition) is 1. The van der Waals surface area contributed by atoms with Gasteiger partial charge < -0.3 is 9.53 Å². The molecule has 0 aliphatic heterocycles. The third-order valence-electron chi connectivity index (χ3n) is 6.56. The zero-order chi connectivity index (χ0) is 24.4. The predicted octanol–water partition coefficient (Wildman–Crippen LogP) is 6.46. The van der Waals surface area contributed by atoms with Gasteiger partial charge in [0.1, 0.15) is 5.60 Å². The van der Waals surface area contributed by atoms with E-state index in [2.05, 4.69) is 100 Å². The zero-order valence-corrected chi connectivity index (χ0v) is 22.7. The number of aliphatic hydroxyl groups is 1. The van der Waals surface area contributed by atoms with Crippen molar-refractivity contribution in [2.75, 3.05) is 0 Å². The molecule has 0 aliphatic carbocycles. The van der Waals surface area contributed by atoms with Crippen molar-refractivity contribution in [3.05, 3.63) is 60.7 Å². The third kappa shape index (κ3) is 7.06. The molecule has 0 fully saturated rings. The van der Waals surface area contributed by atoms with Gasteiger partial charge in [0.25, 0.3) is 8.32 Å². The molecule has 0 heterocycles. The van der Waals surface area contributed by atoms with E-state index in [0.29, 0.717) is 0 Å². The van der Waals surface area contributed by atoms with E-state index in [-0.39, 0.29) is 11.1 Å². The molecule has 0 aromatic heterocycles. The summed E-state index contributed by atoms with van der Waals surface area (Å²) in [5, 5.41) is 13.8. The van der Waals surface area contributed by atoms with Crippen LogP contribution in [0.3, 0.4) is 0 Å². The van der Waals surface area contributed by atoms with Gasteiger partial charge in [-0.3, -0.25) is 0 Å². The first kappa shape index (κ1) is 27.4. The molecule has 0 saturated carbocycles. The molecule has 2 rings (SSSR count). The molecule has 2 unspecified atom stereocenters. The molecule has 0 aliphatic rings. The Morgan fingerprint density at radius 1 is 0.818 bits per heavy atom. The van der Waals surface area contributed by atoms with Gasteiger partial charge in [0.2, 0.25) is 0 Å². The van der Waals surface area contributed by atoms with Gasteiger partial charge in [0.05, 0.1) is 6.10 Å². The van der Waals surface area contributed by atoms with Crippen LogP contribution in [-0.4, -0.2) is 25.1 Å². The second-order valence-corrected chi connectivity index (χ2v) is 14.6. The van der Waals surface area contributed by atoms with Crippen molar-refractivity contribution in [2.45, 2.75) is 103 Å². The second-order valence-electron chi connectivity index (χ2n) is 10.3. The fourth-order valence-corrected chi connectivity index (χ4v) is 9.59. The zero-order valence-electron chi connectivity index (χ0n) is 21.7. The van der Waals surface area contributed by atoms with Crippen LogP contribution in [0.2, 0.25) is 5.04 Å². The van der Waals surface area contributed by atoms with Crippen LogP contribution in [0.5, 0.6) is 0 Å². The maximum Gasteiger partial charge on any atom is 0.261 e. The Kier molecular flexibility index (Phi) is 10.4. The fraction of sp³-hybridized carbons (Fsp3) is 0.533. The van der Waals surface area contributed by atoms with E-state index < -0.39 is 13.9 Å². The van der Waals surface area contributed by atoms with Gasteiger partial charge in [-0.2, -0.15) is 0 Å². The highest BCUT2D eigenvalue weighted by Gasteiger charge is 2.53. The fourth-order valence-electron chi connectivity index (χ4n) is 4.80. The Morgan fingerprint density at radius 3 is 1.76 bits per heavy atom. The Balaban J connectivity index is 2.51. The summed E-state index contributed by atoms with van der Waals surface area (Å²) in [7, 11) is -2.76. The van der Waals surface area contributed by atoms with Crippen molar-refractivity contribution in [2.24, 2.45) is 0 Å². The summed E-state index contributed by atoms with van der Waals surface area (Å²) in [6.07, 6.45) is 7.70. The number of benzene rings is 2. The Bertz CT molecular complexity index is 833. The molecule has 2 nitrogen and oxygen atoms in total. The number of unbranched alkanes of at least 4 members (excludes halogenated alkanes) is 5. The number of rotatable bonds is 12. The summed E-state index contributed by atoms with van der Waals surface area (Å²) < 4.78 is 7.31. The molecule has 180 valence electrons. The molecule has 0 saturated heterocycles. The van der Waals surface area contributed by atoms with E-state index in [4.69, 9.17) is 4.43 Å². The SMILES string of the molecule is CC#CC(C)(O)C(CCCCCCCC)O[Si](c1ccccc1)(c1ccccc1)C(C)(C)C. The van der Waals surface area contributed by atoms with Crippen molar-refractivity contribution < 1.29 is 9.53 Å². The second kappa shape index (κ2) is 12.6. The molecule has 0 amide bonds. The van der Waals surface area contributed by atoms with Crippen molar-refractivity contribution >= 4 is 18.7 Å². The van der Waals surface area contributed by atoms with E-state index in [9.17, 15) is 5.11 Å². The van der Waals surface area contributed by atoms with E-state index in [0.717, 1.165) is 19.3 Å². The van der Waals surface area contributed by atoms with Crippen molar-refractivity contribution in [1.29, 1.82) is 0 Å². The van der Waals surface area contributed by atoms with Crippen LogP contribution in [0.4, 0.5) is 0 Å². The van der Waals surface area contributed by atoms with E-state index in [1.807, 2.05) is 6.92 Å². The maximum absolute atomic E-state index is 11.5. The van der Waals surface area contributed by atoms with Crippen LogP contribution < -0.4 is 10.4 Å². The largest absolute Gasteiger partial charge is 0.401 e. The van der Waals surface area contributed by atoms with Crippen LogP contribution in [0.15, 0.2) is 60.7 Å². The monoisotopic (exact) mass is 464 g/mol. The van der Waals surface area contributed by atoms with Gasteiger partial charge in [-0.15, -0.1) is 5.92 Å². The highest BCUT2D eigenvalue weighted by Crippen LogP contribution is 2.39. The minimum absolute atomic E-state index is 0.134. The Morgan fingerprint density at radius 2 is 1.30 bits per heavy atom. The van der Waals surface area contributed by atoms with Gasteiger partial charge in [0, 0.05) is 0 Å². The summed E-state index contributed by atoms with van der Waals surface area (Å²) in [5.74, 6) is 6.01. The summed E-state index contributed by atoms with van der Waals surface area (Å²) in [6.45, 7) is 12.7. The van der Waals surface area contributed by atoms with Gasteiger partial charge in [0.15, 0.2) is 0 Å². The molecule has 0 bridgehead atoms. The Labute approximate surface area is 203 Å². The van der Waals surface area contributed by atoms with E-state index in [1.54, 1.807) is 6.92 Å². The summed E-state index contributed by atoms with van der Waals surface area (Å²) in [4.78, 5) is 0. The Hall–Kier alpha value is -1.86. The van der Waals surface area contributed by atoms with Gasteiger partial charge >= 0.3 is 0 Å². The topological polar surface area (TPSA) is 29.5 Å². The summed E-state index contributed by atoms with van der Waals surface area (Å²) in [6, 6.07) is 21.3. The first-order chi connectivity index (χ1) is 15.7. The molecule has 33 heavy (non-hydrogen) atoms. The molecule has 2 aromatic rings. The molecule has 3 heteroatoms. The van der Waals surface area contributed by atoms with Crippen LogP contribution in [0.25, 0.3) is 0 Å². The minimum Gasteiger partial charge on any atom is -0.401 e. The van der Waals surface area contributed by atoms with E-state index in [1.165, 1.54) is 36.1 Å². The predicted molar refractivity (Wildman–Crippen MR) is 145 cm³/mol. The van der Waals surface area contributed by atoms with Crippen molar-refractivity contribution in [3.63, 3.8) is 0 Å². The molecule has 0 radical (unpaired) electrons. The van der Waals surface area contributed by atoms with Crippen LogP contribution in [0, 0.1) is 11.8 Å². The average Bonchev–Trinajstić information content (AvgIpc) is 2.78. The molecule has 1 N–H and O–H groups in total. The maximum atomic E-state index is 11.5. The highest BCUT2D eigenvalue weighted by atomic mass is 28.4. The molecule has 0 spiro atoms.